The summed E-state index contributed by atoms with van der Waals surface area (Å²) in [7, 11) is 3.16. The highest BCUT2D eigenvalue weighted by Gasteiger charge is 2.28. The van der Waals surface area contributed by atoms with Crippen LogP contribution in [0.15, 0.2) is 18.2 Å². The van der Waals surface area contributed by atoms with Gasteiger partial charge in [0.2, 0.25) is 0 Å². The minimum atomic E-state index is -0.186. The van der Waals surface area contributed by atoms with Gasteiger partial charge in [0.25, 0.3) is 5.91 Å². The van der Waals surface area contributed by atoms with E-state index < -0.39 is 0 Å². The summed E-state index contributed by atoms with van der Waals surface area (Å²) in [6.45, 7) is 3.94. The van der Waals surface area contributed by atoms with Crippen molar-refractivity contribution in [1.29, 1.82) is 0 Å². The molecule has 0 aliphatic heterocycles. The second-order valence-corrected chi connectivity index (χ2v) is 7.70. The minimum Gasteiger partial charge on any atom is -0.497 e. The Morgan fingerprint density at radius 1 is 1.19 bits per heavy atom. The molecule has 0 atom stereocenters. The molecule has 6 nitrogen and oxygen atoms in total. The first-order valence-corrected chi connectivity index (χ1v) is 9.64. The van der Waals surface area contributed by atoms with E-state index in [4.69, 9.17) is 14.5 Å². The number of hydrogen-bond acceptors (Lipinski definition) is 6. The third kappa shape index (κ3) is 3.23. The molecule has 2 aromatic heterocycles. The van der Waals surface area contributed by atoms with E-state index in [-0.39, 0.29) is 5.91 Å². The highest BCUT2D eigenvalue weighted by atomic mass is 32.1. The lowest BCUT2D eigenvalue weighted by molar-refractivity contribution is 0.102. The van der Waals surface area contributed by atoms with Crippen molar-refractivity contribution in [2.45, 2.75) is 32.6 Å². The molecule has 3 aromatic rings. The first kappa shape index (κ1) is 17.7. The van der Waals surface area contributed by atoms with Crippen LogP contribution in [0.2, 0.25) is 0 Å². The van der Waals surface area contributed by atoms with Crippen molar-refractivity contribution in [3.63, 3.8) is 0 Å². The number of fused-ring (bicyclic) bond motifs is 1. The highest BCUT2D eigenvalue weighted by Crippen LogP contribution is 2.40. The molecule has 1 amide bonds. The molecule has 0 unspecified atom stereocenters. The Morgan fingerprint density at radius 2 is 1.96 bits per heavy atom. The normalized spacial score (nSPS) is 13.6. The average Bonchev–Trinajstić information content (AvgIpc) is 3.45. The minimum absolute atomic E-state index is 0.186. The van der Waals surface area contributed by atoms with Crippen LogP contribution < -0.4 is 14.8 Å². The lowest BCUT2D eigenvalue weighted by Gasteiger charge is -2.11. The molecule has 1 fully saturated rings. The van der Waals surface area contributed by atoms with Crippen LogP contribution in [0.25, 0.3) is 10.2 Å². The van der Waals surface area contributed by atoms with E-state index >= 15 is 0 Å². The van der Waals surface area contributed by atoms with Gasteiger partial charge >= 0.3 is 0 Å². The number of thiophene rings is 1. The maximum atomic E-state index is 13.0. The summed E-state index contributed by atoms with van der Waals surface area (Å²) in [6.07, 6.45) is 2.30. The topological polar surface area (TPSA) is 73.3 Å². The molecule has 1 saturated carbocycles. The van der Waals surface area contributed by atoms with Crippen LogP contribution in [0.3, 0.4) is 0 Å². The molecule has 0 spiro atoms. The summed E-state index contributed by atoms with van der Waals surface area (Å²) in [5, 5.41) is 3.92. The third-order valence-electron chi connectivity index (χ3n) is 4.79. The Morgan fingerprint density at radius 3 is 2.63 bits per heavy atom. The zero-order valence-corrected chi connectivity index (χ0v) is 16.6. The number of carbonyl (C=O) groups is 1. The Bertz CT molecular complexity index is 1040. The van der Waals surface area contributed by atoms with Crippen LogP contribution in [-0.4, -0.2) is 30.1 Å². The Hall–Kier alpha value is -2.67. The molecule has 0 radical (unpaired) electrons. The number of ether oxygens (including phenoxy) is 2. The molecule has 1 aromatic carbocycles. The Balaban J connectivity index is 1.71. The van der Waals surface area contributed by atoms with Gasteiger partial charge in [0.15, 0.2) is 0 Å². The van der Waals surface area contributed by atoms with E-state index in [2.05, 4.69) is 10.3 Å². The smallest absolute Gasteiger partial charge is 0.266 e. The summed E-state index contributed by atoms with van der Waals surface area (Å²) < 4.78 is 10.6. The number of aryl methyl sites for hydroxylation is 2. The van der Waals surface area contributed by atoms with Gasteiger partial charge in [-0.25, -0.2) is 9.97 Å². The average molecular weight is 383 g/mol. The molecule has 2 heterocycles. The summed E-state index contributed by atoms with van der Waals surface area (Å²) >= 11 is 1.41. The number of benzene rings is 1. The van der Waals surface area contributed by atoms with Gasteiger partial charge in [-0.3, -0.25) is 4.79 Å². The van der Waals surface area contributed by atoms with Crippen LogP contribution in [0.5, 0.6) is 11.5 Å². The van der Waals surface area contributed by atoms with E-state index in [1.54, 1.807) is 32.4 Å². The van der Waals surface area contributed by atoms with Gasteiger partial charge in [0, 0.05) is 17.4 Å². The molecule has 1 N–H and O–H groups in total. The fourth-order valence-electron chi connectivity index (χ4n) is 3.19. The SMILES string of the molecule is COc1ccc(OC)c(NC(=O)c2sc3nc(C4CC4)nc(C)c3c2C)c1. The zero-order chi connectivity index (χ0) is 19.1. The summed E-state index contributed by atoms with van der Waals surface area (Å²) in [6, 6.07) is 5.30. The second kappa shape index (κ2) is 6.81. The lowest BCUT2D eigenvalue weighted by atomic mass is 10.1. The van der Waals surface area contributed by atoms with Crippen molar-refractivity contribution in [3.8, 4) is 11.5 Å². The standard InChI is InChI=1S/C20H21N3O3S/c1-10-16-11(2)21-18(12-5-6-12)23-20(16)27-17(10)19(24)22-14-9-13(25-3)7-8-15(14)26-4/h7-9,12H,5-6H2,1-4H3,(H,22,24). The number of carbonyl (C=O) groups excluding carboxylic acids is 1. The lowest BCUT2D eigenvalue weighted by Crippen LogP contribution is -2.12. The number of nitrogens with zero attached hydrogens (tertiary/aromatic N) is 2. The molecule has 27 heavy (non-hydrogen) atoms. The molecule has 0 saturated heterocycles. The van der Waals surface area contributed by atoms with Crippen molar-refractivity contribution in [1.82, 2.24) is 9.97 Å². The number of hydrogen-bond donors (Lipinski definition) is 1. The van der Waals surface area contributed by atoms with Crippen LogP contribution in [0, 0.1) is 13.8 Å². The number of aromatic nitrogens is 2. The first-order valence-electron chi connectivity index (χ1n) is 8.82. The van der Waals surface area contributed by atoms with E-state index in [1.165, 1.54) is 11.3 Å². The molecule has 4 rings (SSSR count). The van der Waals surface area contributed by atoms with Crippen LogP contribution in [0.4, 0.5) is 5.69 Å². The van der Waals surface area contributed by atoms with Crippen LogP contribution >= 0.6 is 11.3 Å². The third-order valence-corrected chi connectivity index (χ3v) is 5.98. The van der Waals surface area contributed by atoms with E-state index in [9.17, 15) is 4.79 Å². The predicted molar refractivity (Wildman–Crippen MR) is 106 cm³/mol. The van der Waals surface area contributed by atoms with Crippen LogP contribution in [-0.2, 0) is 0 Å². The maximum absolute atomic E-state index is 13.0. The van der Waals surface area contributed by atoms with Crippen molar-refractivity contribution in [2.75, 3.05) is 19.5 Å². The molecule has 140 valence electrons. The van der Waals surface area contributed by atoms with Crippen molar-refractivity contribution in [3.05, 3.63) is 40.2 Å². The molecule has 0 bridgehead atoms. The quantitative estimate of drug-likeness (QED) is 0.704. The number of rotatable bonds is 5. The van der Waals surface area contributed by atoms with Gasteiger partial charge < -0.3 is 14.8 Å². The Labute approximate surface area is 161 Å². The zero-order valence-electron chi connectivity index (χ0n) is 15.8. The molecule has 1 aliphatic carbocycles. The monoisotopic (exact) mass is 383 g/mol. The van der Waals surface area contributed by atoms with Crippen molar-refractivity contribution in [2.24, 2.45) is 0 Å². The predicted octanol–water partition coefficient (Wildman–Crippen LogP) is 4.46. The Kier molecular flexibility index (Phi) is 4.47. The molecule has 7 heteroatoms. The van der Waals surface area contributed by atoms with Gasteiger partial charge in [-0.2, -0.15) is 0 Å². The molecular formula is C20H21N3O3S. The number of amides is 1. The van der Waals surface area contributed by atoms with Gasteiger partial charge in [-0.05, 0) is 44.4 Å². The van der Waals surface area contributed by atoms with E-state index in [0.717, 1.165) is 40.1 Å². The number of nitrogens with one attached hydrogen (secondary N) is 1. The number of anilines is 1. The van der Waals surface area contributed by atoms with E-state index in [0.29, 0.717) is 28.0 Å². The first-order chi connectivity index (χ1) is 13.0. The molecular weight excluding hydrogens is 362 g/mol. The second-order valence-electron chi connectivity index (χ2n) is 6.70. The van der Waals surface area contributed by atoms with E-state index in [1.807, 2.05) is 13.8 Å². The van der Waals surface area contributed by atoms with Gasteiger partial charge in [0.05, 0.1) is 30.5 Å². The van der Waals surface area contributed by atoms with Crippen molar-refractivity contribution >= 4 is 33.1 Å². The fourth-order valence-corrected chi connectivity index (χ4v) is 4.33. The number of methoxy groups -OCH3 is 2. The fraction of sp³-hybridized carbons (Fsp3) is 0.350. The largest absolute Gasteiger partial charge is 0.497 e. The highest BCUT2D eigenvalue weighted by molar-refractivity contribution is 7.20. The summed E-state index contributed by atoms with van der Waals surface area (Å²) in [4.78, 5) is 23.9. The van der Waals surface area contributed by atoms with Gasteiger partial charge in [0.1, 0.15) is 22.2 Å². The summed E-state index contributed by atoms with van der Waals surface area (Å²) in [5.41, 5.74) is 2.42. The molecule has 1 aliphatic rings. The summed E-state index contributed by atoms with van der Waals surface area (Å²) in [5.74, 6) is 2.43. The van der Waals surface area contributed by atoms with Crippen LogP contribution in [0.1, 0.15) is 45.5 Å². The van der Waals surface area contributed by atoms with Gasteiger partial charge in [-0.15, -0.1) is 11.3 Å². The van der Waals surface area contributed by atoms with Crippen molar-refractivity contribution < 1.29 is 14.3 Å². The van der Waals surface area contributed by atoms with Gasteiger partial charge in [-0.1, -0.05) is 0 Å². The maximum Gasteiger partial charge on any atom is 0.266 e.